The molecule has 0 heterocycles. The SMILES string of the molecule is CC(=O)c1ccc(OCC(=O)c2ccc(NC(=O)C(C)(C)C)cc2)cc1. The minimum absolute atomic E-state index is 0.0220. The lowest BCUT2D eigenvalue weighted by molar-refractivity contribution is -0.123. The molecule has 0 aliphatic heterocycles. The molecule has 0 bridgehead atoms. The van der Waals surface area contributed by atoms with E-state index >= 15 is 0 Å². The van der Waals surface area contributed by atoms with Crippen molar-refractivity contribution in [1.82, 2.24) is 0 Å². The summed E-state index contributed by atoms with van der Waals surface area (Å²) in [7, 11) is 0. The third kappa shape index (κ3) is 5.28. The second-order valence-corrected chi connectivity index (χ2v) is 7.07. The number of ketones is 2. The lowest BCUT2D eigenvalue weighted by Crippen LogP contribution is -2.27. The quantitative estimate of drug-likeness (QED) is 0.792. The Morgan fingerprint density at radius 2 is 1.42 bits per heavy atom. The van der Waals surface area contributed by atoms with Gasteiger partial charge >= 0.3 is 0 Å². The van der Waals surface area contributed by atoms with Crippen molar-refractivity contribution < 1.29 is 19.1 Å². The molecule has 5 nitrogen and oxygen atoms in total. The number of hydrogen-bond donors (Lipinski definition) is 1. The third-order valence-corrected chi connectivity index (χ3v) is 3.78. The van der Waals surface area contributed by atoms with Gasteiger partial charge in [-0.25, -0.2) is 0 Å². The van der Waals surface area contributed by atoms with Crippen molar-refractivity contribution in [2.24, 2.45) is 5.41 Å². The van der Waals surface area contributed by atoms with Gasteiger partial charge < -0.3 is 10.1 Å². The summed E-state index contributed by atoms with van der Waals surface area (Å²) in [4.78, 5) is 35.4. The van der Waals surface area contributed by atoms with Crippen LogP contribution in [0.3, 0.4) is 0 Å². The number of nitrogens with one attached hydrogen (secondary N) is 1. The molecule has 2 aromatic rings. The minimum Gasteiger partial charge on any atom is -0.485 e. The Labute approximate surface area is 153 Å². The van der Waals surface area contributed by atoms with E-state index in [0.717, 1.165) is 0 Å². The van der Waals surface area contributed by atoms with E-state index in [9.17, 15) is 14.4 Å². The molecule has 1 N–H and O–H groups in total. The highest BCUT2D eigenvalue weighted by atomic mass is 16.5. The molecule has 26 heavy (non-hydrogen) atoms. The lowest BCUT2D eigenvalue weighted by Gasteiger charge is -2.17. The van der Waals surface area contributed by atoms with Crippen molar-refractivity contribution in [2.45, 2.75) is 27.7 Å². The van der Waals surface area contributed by atoms with Gasteiger partial charge in [-0.15, -0.1) is 0 Å². The molecule has 0 unspecified atom stereocenters. The predicted molar refractivity (Wildman–Crippen MR) is 101 cm³/mol. The zero-order chi connectivity index (χ0) is 19.3. The van der Waals surface area contributed by atoms with E-state index < -0.39 is 5.41 Å². The molecule has 0 fully saturated rings. The molecule has 0 aliphatic carbocycles. The van der Waals surface area contributed by atoms with Gasteiger partial charge in [-0.3, -0.25) is 14.4 Å². The number of ether oxygens (including phenoxy) is 1. The van der Waals surface area contributed by atoms with Gasteiger partial charge in [-0.2, -0.15) is 0 Å². The molecule has 2 rings (SSSR count). The maximum atomic E-state index is 12.2. The van der Waals surface area contributed by atoms with Crippen LogP contribution in [0.25, 0.3) is 0 Å². The number of hydrogen-bond acceptors (Lipinski definition) is 4. The van der Waals surface area contributed by atoms with E-state index in [2.05, 4.69) is 5.32 Å². The second-order valence-electron chi connectivity index (χ2n) is 7.07. The van der Waals surface area contributed by atoms with Gasteiger partial charge in [0.15, 0.2) is 18.2 Å². The molecule has 0 saturated heterocycles. The third-order valence-electron chi connectivity index (χ3n) is 3.78. The van der Waals surface area contributed by atoms with Gasteiger partial charge in [0, 0.05) is 22.2 Å². The highest BCUT2D eigenvalue weighted by Gasteiger charge is 2.21. The second kappa shape index (κ2) is 7.95. The Morgan fingerprint density at radius 1 is 0.885 bits per heavy atom. The number of Topliss-reactive ketones (excluding diaryl/α,β-unsaturated/α-hetero) is 2. The molecule has 0 spiro atoms. The van der Waals surface area contributed by atoms with Crippen molar-refractivity contribution in [1.29, 1.82) is 0 Å². The van der Waals surface area contributed by atoms with E-state index in [1.165, 1.54) is 6.92 Å². The number of rotatable bonds is 6. The molecule has 1 amide bonds. The maximum Gasteiger partial charge on any atom is 0.229 e. The number of carbonyl (C=O) groups is 3. The first-order chi connectivity index (χ1) is 12.2. The summed E-state index contributed by atoms with van der Waals surface area (Å²) in [6.45, 7) is 6.89. The van der Waals surface area contributed by atoms with Crippen LogP contribution in [-0.2, 0) is 4.79 Å². The topological polar surface area (TPSA) is 72.5 Å². The first-order valence-electron chi connectivity index (χ1n) is 8.35. The van der Waals surface area contributed by atoms with Crippen LogP contribution in [-0.4, -0.2) is 24.1 Å². The van der Waals surface area contributed by atoms with Crippen molar-refractivity contribution in [3.05, 3.63) is 59.7 Å². The molecule has 0 atom stereocenters. The van der Waals surface area contributed by atoms with Gasteiger partial charge in [0.05, 0.1) is 0 Å². The summed E-state index contributed by atoms with van der Waals surface area (Å²) in [6, 6.07) is 13.3. The van der Waals surface area contributed by atoms with Crippen LogP contribution < -0.4 is 10.1 Å². The van der Waals surface area contributed by atoms with Crippen LogP contribution in [0.4, 0.5) is 5.69 Å². The van der Waals surface area contributed by atoms with E-state index in [0.29, 0.717) is 22.6 Å². The van der Waals surface area contributed by atoms with Crippen LogP contribution in [0, 0.1) is 5.41 Å². The average Bonchev–Trinajstić information content (AvgIpc) is 2.59. The smallest absolute Gasteiger partial charge is 0.229 e. The van der Waals surface area contributed by atoms with E-state index in [1.54, 1.807) is 48.5 Å². The van der Waals surface area contributed by atoms with E-state index in [1.807, 2.05) is 20.8 Å². The molecule has 0 aromatic heterocycles. The van der Waals surface area contributed by atoms with Crippen LogP contribution in [0.2, 0.25) is 0 Å². The standard InChI is InChI=1S/C21H23NO4/c1-14(23)15-7-11-18(12-8-15)26-13-19(24)16-5-9-17(10-6-16)22-20(25)21(2,3)4/h5-12H,13H2,1-4H3,(H,22,25). The minimum atomic E-state index is -0.486. The lowest BCUT2D eigenvalue weighted by atomic mass is 9.95. The van der Waals surface area contributed by atoms with Gasteiger partial charge in [0.2, 0.25) is 5.91 Å². The zero-order valence-corrected chi connectivity index (χ0v) is 15.5. The maximum absolute atomic E-state index is 12.2. The summed E-state index contributed by atoms with van der Waals surface area (Å²) in [5.41, 5.74) is 1.25. The Kier molecular flexibility index (Phi) is 5.93. The number of amides is 1. The van der Waals surface area contributed by atoms with Crippen LogP contribution >= 0.6 is 0 Å². The normalized spacial score (nSPS) is 10.9. The number of benzene rings is 2. The van der Waals surface area contributed by atoms with Crippen LogP contribution in [0.5, 0.6) is 5.75 Å². The molecular formula is C21H23NO4. The summed E-state index contributed by atoms with van der Waals surface area (Å²) < 4.78 is 5.47. The van der Waals surface area contributed by atoms with Gasteiger partial charge in [0.1, 0.15) is 5.75 Å². The molecule has 136 valence electrons. The van der Waals surface area contributed by atoms with Crippen LogP contribution in [0.1, 0.15) is 48.4 Å². The first kappa shape index (κ1) is 19.4. The highest BCUT2D eigenvalue weighted by Crippen LogP contribution is 2.18. The Bertz CT molecular complexity index is 799. The summed E-state index contributed by atoms with van der Waals surface area (Å²) in [5, 5.41) is 2.81. The fourth-order valence-electron chi connectivity index (χ4n) is 2.08. The summed E-state index contributed by atoms with van der Waals surface area (Å²) in [6.07, 6.45) is 0. The fraction of sp³-hybridized carbons (Fsp3) is 0.286. The van der Waals surface area contributed by atoms with Gasteiger partial charge in [-0.1, -0.05) is 20.8 Å². The first-order valence-corrected chi connectivity index (χ1v) is 8.35. The Morgan fingerprint density at radius 3 is 1.92 bits per heavy atom. The largest absolute Gasteiger partial charge is 0.485 e. The predicted octanol–water partition coefficient (Wildman–Crippen LogP) is 4.14. The van der Waals surface area contributed by atoms with Crippen molar-refractivity contribution in [3.8, 4) is 5.75 Å². The van der Waals surface area contributed by atoms with Gasteiger partial charge in [-0.05, 0) is 55.5 Å². The molecular weight excluding hydrogens is 330 g/mol. The Hall–Kier alpha value is -2.95. The van der Waals surface area contributed by atoms with Crippen molar-refractivity contribution in [3.63, 3.8) is 0 Å². The highest BCUT2D eigenvalue weighted by molar-refractivity contribution is 5.99. The average molecular weight is 353 g/mol. The molecule has 0 saturated carbocycles. The molecule has 5 heteroatoms. The molecule has 0 radical (unpaired) electrons. The van der Waals surface area contributed by atoms with Crippen molar-refractivity contribution >= 4 is 23.2 Å². The summed E-state index contributed by atoms with van der Waals surface area (Å²) >= 11 is 0. The van der Waals surface area contributed by atoms with Crippen LogP contribution in [0.15, 0.2) is 48.5 Å². The van der Waals surface area contributed by atoms with E-state index in [4.69, 9.17) is 4.74 Å². The van der Waals surface area contributed by atoms with Gasteiger partial charge in [0.25, 0.3) is 0 Å². The Balaban J connectivity index is 1.93. The van der Waals surface area contributed by atoms with E-state index in [-0.39, 0.29) is 24.1 Å². The zero-order valence-electron chi connectivity index (χ0n) is 15.5. The fourth-order valence-corrected chi connectivity index (χ4v) is 2.08. The number of carbonyl (C=O) groups excluding carboxylic acids is 3. The number of anilines is 1. The summed E-state index contributed by atoms with van der Waals surface area (Å²) in [5.74, 6) is 0.243. The molecule has 2 aromatic carbocycles. The van der Waals surface area contributed by atoms with Crippen molar-refractivity contribution in [2.75, 3.05) is 11.9 Å². The monoisotopic (exact) mass is 353 g/mol. The molecule has 0 aliphatic rings.